The Kier molecular flexibility index (Phi) is 3.96. The highest BCUT2D eigenvalue weighted by Crippen LogP contribution is 2.36. The van der Waals surface area contributed by atoms with E-state index in [0.29, 0.717) is 5.92 Å². The van der Waals surface area contributed by atoms with Crippen molar-refractivity contribution >= 4 is 11.8 Å². The second-order valence-electron chi connectivity index (χ2n) is 6.34. The number of hydrogen-bond donors (Lipinski definition) is 1. The molecule has 3 rings (SSSR count). The number of carbonyl (C=O) groups excluding carboxylic acids is 2. The van der Waals surface area contributed by atoms with E-state index in [1.54, 1.807) is 0 Å². The molecule has 0 aromatic carbocycles. The van der Waals surface area contributed by atoms with Crippen LogP contribution in [-0.4, -0.2) is 48.6 Å². The molecule has 2 saturated heterocycles. The highest BCUT2D eigenvalue weighted by Gasteiger charge is 2.49. The number of ether oxygens (including phenoxy) is 1. The standard InChI is InChI=1S/C15H24N2O3/c18-13-10-16-14(19)15(6-2-1-3-7-15)17(13)11-12-4-8-20-9-5-12/h12H,1-11H2,(H,16,19). The molecule has 1 N–H and O–H groups in total. The van der Waals surface area contributed by atoms with Gasteiger partial charge in [-0.2, -0.15) is 0 Å². The van der Waals surface area contributed by atoms with E-state index >= 15 is 0 Å². The summed E-state index contributed by atoms with van der Waals surface area (Å²) in [5.41, 5.74) is -0.550. The number of hydrogen-bond acceptors (Lipinski definition) is 3. The molecule has 1 spiro atoms. The number of nitrogens with one attached hydrogen (secondary N) is 1. The summed E-state index contributed by atoms with van der Waals surface area (Å²) in [7, 11) is 0. The summed E-state index contributed by atoms with van der Waals surface area (Å²) in [6.45, 7) is 2.47. The Morgan fingerprint density at radius 2 is 1.85 bits per heavy atom. The largest absolute Gasteiger partial charge is 0.381 e. The van der Waals surface area contributed by atoms with Crippen LogP contribution in [0.1, 0.15) is 44.9 Å². The van der Waals surface area contributed by atoms with Crippen LogP contribution in [0.2, 0.25) is 0 Å². The Balaban J connectivity index is 1.78. The normalized spacial score (nSPS) is 27.7. The van der Waals surface area contributed by atoms with E-state index in [2.05, 4.69) is 5.32 Å². The van der Waals surface area contributed by atoms with E-state index < -0.39 is 5.54 Å². The molecule has 0 radical (unpaired) electrons. The Hall–Kier alpha value is -1.10. The predicted molar refractivity (Wildman–Crippen MR) is 74.1 cm³/mol. The van der Waals surface area contributed by atoms with E-state index in [4.69, 9.17) is 4.74 Å². The summed E-state index contributed by atoms with van der Waals surface area (Å²) < 4.78 is 5.39. The molecule has 1 saturated carbocycles. The highest BCUT2D eigenvalue weighted by atomic mass is 16.5. The molecule has 2 amide bonds. The number of amides is 2. The summed E-state index contributed by atoms with van der Waals surface area (Å²) in [6, 6.07) is 0. The monoisotopic (exact) mass is 280 g/mol. The molecule has 0 aromatic heterocycles. The third-order valence-electron chi connectivity index (χ3n) is 5.10. The van der Waals surface area contributed by atoms with Gasteiger partial charge in [-0.15, -0.1) is 0 Å². The second-order valence-corrected chi connectivity index (χ2v) is 6.34. The maximum atomic E-state index is 12.4. The fourth-order valence-corrected chi connectivity index (χ4v) is 3.87. The SMILES string of the molecule is O=C1CNC(=O)C2(CCCCC2)N1CC1CCOCC1. The lowest BCUT2D eigenvalue weighted by atomic mass is 9.77. The van der Waals surface area contributed by atoms with Gasteiger partial charge in [0, 0.05) is 19.8 Å². The van der Waals surface area contributed by atoms with Gasteiger partial charge in [0.25, 0.3) is 0 Å². The Morgan fingerprint density at radius 3 is 2.55 bits per heavy atom. The van der Waals surface area contributed by atoms with Crippen molar-refractivity contribution in [3.05, 3.63) is 0 Å². The van der Waals surface area contributed by atoms with E-state index in [1.807, 2.05) is 4.90 Å². The van der Waals surface area contributed by atoms with E-state index in [9.17, 15) is 9.59 Å². The number of carbonyl (C=O) groups is 2. The predicted octanol–water partition coefficient (Wildman–Crippen LogP) is 1.07. The van der Waals surface area contributed by atoms with Crippen LogP contribution in [0.3, 0.4) is 0 Å². The minimum absolute atomic E-state index is 0.0730. The highest BCUT2D eigenvalue weighted by molar-refractivity contribution is 5.98. The second kappa shape index (κ2) is 5.72. The first-order chi connectivity index (χ1) is 9.72. The summed E-state index contributed by atoms with van der Waals surface area (Å²) >= 11 is 0. The third kappa shape index (κ3) is 2.43. The molecule has 20 heavy (non-hydrogen) atoms. The average Bonchev–Trinajstić information content (AvgIpc) is 2.50. The molecule has 0 atom stereocenters. The van der Waals surface area contributed by atoms with Crippen LogP contribution < -0.4 is 5.32 Å². The van der Waals surface area contributed by atoms with Crippen molar-refractivity contribution in [2.75, 3.05) is 26.3 Å². The van der Waals surface area contributed by atoms with Crippen molar-refractivity contribution in [2.45, 2.75) is 50.5 Å². The van der Waals surface area contributed by atoms with E-state index in [0.717, 1.165) is 58.3 Å². The number of rotatable bonds is 2. The van der Waals surface area contributed by atoms with Crippen molar-refractivity contribution in [2.24, 2.45) is 5.92 Å². The zero-order valence-electron chi connectivity index (χ0n) is 12.0. The molecular weight excluding hydrogens is 256 g/mol. The molecule has 0 aromatic rings. The van der Waals surface area contributed by atoms with Crippen molar-refractivity contribution in [1.82, 2.24) is 10.2 Å². The van der Waals surface area contributed by atoms with Gasteiger partial charge in [0.1, 0.15) is 5.54 Å². The number of nitrogens with zero attached hydrogens (tertiary/aromatic N) is 1. The quantitative estimate of drug-likeness (QED) is 0.823. The third-order valence-corrected chi connectivity index (χ3v) is 5.10. The molecule has 1 aliphatic carbocycles. The van der Waals surface area contributed by atoms with Crippen LogP contribution in [0.15, 0.2) is 0 Å². The summed E-state index contributed by atoms with van der Waals surface area (Å²) in [5.74, 6) is 0.652. The first-order valence-corrected chi connectivity index (χ1v) is 7.89. The molecule has 3 aliphatic rings. The van der Waals surface area contributed by atoms with Gasteiger partial charge in [0.05, 0.1) is 6.54 Å². The smallest absolute Gasteiger partial charge is 0.246 e. The fraction of sp³-hybridized carbons (Fsp3) is 0.867. The molecule has 2 heterocycles. The Morgan fingerprint density at radius 1 is 1.15 bits per heavy atom. The molecule has 3 fully saturated rings. The lowest BCUT2D eigenvalue weighted by Gasteiger charge is -2.49. The lowest BCUT2D eigenvalue weighted by Crippen LogP contribution is -2.68. The van der Waals surface area contributed by atoms with Crippen LogP contribution in [0, 0.1) is 5.92 Å². The minimum atomic E-state index is -0.550. The van der Waals surface area contributed by atoms with E-state index in [1.165, 1.54) is 6.42 Å². The van der Waals surface area contributed by atoms with Crippen LogP contribution in [-0.2, 0) is 14.3 Å². The fourth-order valence-electron chi connectivity index (χ4n) is 3.87. The lowest BCUT2D eigenvalue weighted by molar-refractivity contribution is -0.157. The molecular formula is C15H24N2O3. The van der Waals surface area contributed by atoms with Crippen molar-refractivity contribution in [3.63, 3.8) is 0 Å². The van der Waals surface area contributed by atoms with E-state index in [-0.39, 0.29) is 18.4 Å². The van der Waals surface area contributed by atoms with Gasteiger partial charge in [-0.1, -0.05) is 19.3 Å². The Bertz CT molecular complexity index is 385. The molecule has 0 unspecified atom stereocenters. The molecule has 5 heteroatoms. The first-order valence-electron chi connectivity index (χ1n) is 7.89. The number of piperazine rings is 1. The minimum Gasteiger partial charge on any atom is -0.381 e. The Labute approximate surface area is 120 Å². The maximum Gasteiger partial charge on any atom is 0.246 e. The molecule has 5 nitrogen and oxygen atoms in total. The van der Waals surface area contributed by atoms with Crippen molar-refractivity contribution < 1.29 is 14.3 Å². The zero-order chi connectivity index (χ0) is 14.0. The van der Waals surface area contributed by atoms with Crippen LogP contribution in [0.25, 0.3) is 0 Å². The van der Waals surface area contributed by atoms with Crippen molar-refractivity contribution in [3.8, 4) is 0 Å². The van der Waals surface area contributed by atoms with Gasteiger partial charge in [-0.3, -0.25) is 9.59 Å². The summed E-state index contributed by atoms with van der Waals surface area (Å²) in [4.78, 5) is 26.7. The van der Waals surface area contributed by atoms with Gasteiger partial charge in [-0.25, -0.2) is 0 Å². The van der Waals surface area contributed by atoms with Crippen LogP contribution in [0.4, 0.5) is 0 Å². The molecule has 2 aliphatic heterocycles. The summed E-state index contributed by atoms with van der Waals surface area (Å²) in [5, 5.41) is 2.80. The maximum absolute atomic E-state index is 12.4. The van der Waals surface area contributed by atoms with Gasteiger partial charge < -0.3 is 15.0 Å². The van der Waals surface area contributed by atoms with Gasteiger partial charge in [-0.05, 0) is 31.6 Å². The van der Waals surface area contributed by atoms with Gasteiger partial charge in [0.2, 0.25) is 11.8 Å². The van der Waals surface area contributed by atoms with Crippen LogP contribution in [0.5, 0.6) is 0 Å². The zero-order valence-corrected chi connectivity index (χ0v) is 12.0. The first kappa shape index (κ1) is 13.9. The average molecular weight is 280 g/mol. The summed E-state index contributed by atoms with van der Waals surface area (Å²) in [6.07, 6.45) is 6.93. The molecule has 0 bridgehead atoms. The molecule has 112 valence electrons. The van der Waals surface area contributed by atoms with Crippen molar-refractivity contribution in [1.29, 1.82) is 0 Å². The topological polar surface area (TPSA) is 58.6 Å². The van der Waals surface area contributed by atoms with Crippen LogP contribution >= 0.6 is 0 Å². The van der Waals surface area contributed by atoms with Gasteiger partial charge in [0.15, 0.2) is 0 Å². The van der Waals surface area contributed by atoms with Gasteiger partial charge >= 0.3 is 0 Å².